The highest BCUT2D eigenvalue weighted by atomic mass is 19.3. The normalized spacial score (nSPS) is 26.1. The minimum Gasteiger partial charge on any atom is -0.329 e. The van der Waals surface area contributed by atoms with Gasteiger partial charge in [-0.25, -0.2) is 8.78 Å². The van der Waals surface area contributed by atoms with Crippen LogP contribution in [0.3, 0.4) is 0 Å². The van der Waals surface area contributed by atoms with E-state index in [0.29, 0.717) is 5.56 Å². The third kappa shape index (κ3) is 1.37. The molecule has 0 radical (unpaired) electrons. The van der Waals surface area contributed by atoms with E-state index in [-0.39, 0.29) is 13.0 Å². The van der Waals surface area contributed by atoms with E-state index >= 15 is 0 Å². The Morgan fingerprint density at radius 2 is 2.00 bits per heavy atom. The lowest BCUT2D eigenvalue weighted by atomic mass is 9.96. The molecule has 4 heteroatoms. The van der Waals surface area contributed by atoms with Crippen molar-refractivity contribution in [2.75, 3.05) is 6.54 Å². The van der Waals surface area contributed by atoms with Gasteiger partial charge in [0.1, 0.15) is 0 Å². The Labute approximate surface area is 97.5 Å². The highest BCUT2D eigenvalue weighted by Gasteiger charge is 2.71. The van der Waals surface area contributed by atoms with Gasteiger partial charge < -0.3 is 5.73 Å². The van der Waals surface area contributed by atoms with Crippen LogP contribution < -0.4 is 5.73 Å². The summed E-state index contributed by atoms with van der Waals surface area (Å²) in [5.74, 6) is -2.69. The molecule has 0 bridgehead atoms. The molecule has 3 rings (SSSR count). The third-order valence-electron chi connectivity index (χ3n) is 3.59. The van der Waals surface area contributed by atoms with Gasteiger partial charge in [0.25, 0.3) is 5.92 Å². The molecule has 0 saturated heterocycles. The summed E-state index contributed by atoms with van der Waals surface area (Å²) in [6.45, 7) is -0.0416. The molecule has 2 N–H and O–H groups in total. The van der Waals surface area contributed by atoms with Crippen LogP contribution in [0.2, 0.25) is 0 Å². The standard InChI is InChI=1S/C13H12F2N2/c14-13(15)7-12(13,8-16)10-5-9-3-1-2-4-11(9)17-6-10/h1-6H,7-8,16H2. The second-order valence-electron chi connectivity index (χ2n) is 4.58. The van der Waals surface area contributed by atoms with Crippen molar-refractivity contribution in [3.63, 3.8) is 0 Å². The number of pyridine rings is 1. The molecule has 1 aliphatic carbocycles. The van der Waals surface area contributed by atoms with Gasteiger partial charge in [-0.05, 0) is 17.7 Å². The predicted molar refractivity (Wildman–Crippen MR) is 62.0 cm³/mol. The number of aromatic nitrogens is 1. The van der Waals surface area contributed by atoms with E-state index in [1.54, 1.807) is 6.07 Å². The minimum absolute atomic E-state index is 0.0416. The zero-order chi connectivity index (χ0) is 12.1. The van der Waals surface area contributed by atoms with Crippen LogP contribution in [0, 0.1) is 0 Å². The molecule has 0 aliphatic heterocycles. The number of hydrogen-bond donors (Lipinski definition) is 1. The van der Waals surface area contributed by atoms with Crippen molar-refractivity contribution in [1.82, 2.24) is 4.98 Å². The van der Waals surface area contributed by atoms with Crippen LogP contribution in [0.4, 0.5) is 8.78 Å². The highest BCUT2D eigenvalue weighted by molar-refractivity contribution is 5.79. The van der Waals surface area contributed by atoms with Gasteiger partial charge in [0, 0.05) is 24.5 Å². The Kier molecular flexibility index (Phi) is 2.01. The quantitative estimate of drug-likeness (QED) is 0.867. The molecule has 0 spiro atoms. The van der Waals surface area contributed by atoms with E-state index in [2.05, 4.69) is 4.98 Å². The molecule has 1 aromatic heterocycles. The zero-order valence-corrected chi connectivity index (χ0v) is 9.16. The summed E-state index contributed by atoms with van der Waals surface area (Å²) in [5, 5.41) is 0.875. The molecule has 1 atom stereocenters. The highest BCUT2D eigenvalue weighted by Crippen LogP contribution is 2.60. The van der Waals surface area contributed by atoms with Crippen LogP contribution in [0.15, 0.2) is 36.5 Å². The van der Waals surface area contributed by atoms with Crippen molar-refractivity contribution >= 4 is 10.9 Å². The fourth-order valence-corrected chi connectivity index (χ4v) is 2.32. The molecule has 2 aromatic rings. The fraction of sp³-hybridized carbons (Fsp3) is 0.308. The number of para-hydroxylation sites is 1. The van der Waals surface area contributed by atoms with E-state index in [0.717, 1.165) is 10.9 Å². The average molecular weight is 234 g/mol. The largest absolute Gasteiger partial charge is 0.329 e. The van der Waals surface area contributed by atoms with Crippen LogP contribution in [-0.2, 0) is 5.41 Å². The monoisotopic (exact) mass is 234 g/mol. The van der Waals surface area contributed by atoms with Crippen molar-refractivity contribution in [2.45, 2.75) is 17.8 Å². The lowest BCUT2D eigenvalue weighted by Crippen LogP contribution is -2.26. The number of fused-ring (bicyclic) bond motifs is 1. The second-order valence-corrected chi connectivity index (χ2v) is 4.58. The molecule has 1 aromatic carbocycles. The molecule has 1 heterocycles. The first-order valence-corrected chi connectivity index (χ1v) is 5.52. The first kappa shape index (κ1) is 10.6. The Hall–Kier alpha value is -1.55. The van der Waals surface area contributed by atoms with E-state index < -0.39 is 11.3 Å². The summed E-state index contributed by atoms with van der Waals surface area (Å²) in [7, 11) is 0. The van der Waals surface area contributed by atoms with Gasteiger partial charge in [-0.1, -0.05) is 18.2 Å². The smallest absolute Gasteiger partial charge is 0.260 e. The first-order chi connectivity index (χ1) is 8.09. The van der Waals surface area contributed by atoms with Gasteiger partial charge in [0.05, 0.1) is 10.9 Å². The number of rotatable bonds is 2. The van der Waals surface area contributed by atoms with Crippen LogP contribution >= 0.6 is 0 Å². The molecule has 1 saturated carbocycles. The average Bonchev–Trinajstić information content (AvgIpc) is 2.92. The molecule has 17 heavy (non-hydrogen) atoms. The van der Waals surface area contributed by atoms with Crippen LogP contribution in [0.1, 0.15) is 12.0 Å². The Morgan fingerprint density at radius 1 is 1.29 bits per heavy atom. The maximum Gasteiger partial charge on any atom is 0.260 e. The molecular formula is C13H12F2N2. The molecule has 88 valence electrons. The molecule has 1 unspecified atom stereocenters. The Morgan fingerprint density at radius 3 is 2.65 bits per heavy atom. The van der Waals surface area contributed by atoms with Crippen molar-refractivity contribution < 1.29 is 8.78 Å². The van der Waals surface area contributed by atoms with Crippen molar-refractivity contribution in [1.29, 1.82) is 0 Å². The van der Waals surface area contributed by atoms with Gasteiger partial charge in [-0.3, -0.25) is 4.98 Å². The maximum absolute atomic E-state index is 13.4. The molecule has 2 nitrogen and oxygen atoms in total. The van der Waals surface area contributed by atoms with E-state index in [1.807, 2.05) is 24.3 Å². The zero-order valence-electron chi connectivity index (χ0n) is 9.16. The van der Waals surface area contributed by atoms with Crippen molar-refractivity contribution in [3.8, 4) is 0 Å². The van der Waals surface area contributed by atoms with Crippen LogP contribution in [0.5, 0.6) is 0 Å². The second kappa shape index (κ2) is 3.23. The van der Waals surface area contributed by atoms with E-state index in [9.17, 15) is 8.78 Å². The molecular weight excluding hydrogens is 222 g/mol. The number of nitrogens with two attached hydrogens (primary N) is 1. The number of nitrogens with zero attached hydrogens (tertiary/aromatic N) is 1. The van der Waals surface area contributed by atoms with Gasteiger partial charge in [0.2, 0.25) is 0 Å². The van der Waals surface area contributed by atoms with Crippen molar-refractivity contribution in [2.24, 2.45) is 5.73 Å². The maximum atomic E-state index is 13.4. The molecule has 1 fully saturated rings. The van der Waals surface area contributed by atoms with Crippen LogP contribution in [-0.4, -0.2) is 17.5 Å². The summed E-state index contributed by atoms with van der Waals surface area (Å²) in [4.78, 5) is 4.21. The van der Waals surface area contributed by atoms with Gasteiger partial charge in [0.15, 0.2) is 0 Å². The fourth-order valence-electron chi connectivity index (χ4n) is 2.32. The minimum atomic E-state index is -2.69. The SMILES string of the molecule is NCC1(c2cnc3ccccc3c2)CC1(F)F. The number of halogens is 2. The van der Waals surface area contributed by atoms with Gasteiger partial charge in [-0.15, -0.1) is 0 Å². The Balaban J connectivity index is 2.13. The molecule has 0 amide bonds. The lowest BCUT2D eigenvalue weighted by molar-refractivity contribution is 0.0896. The summed E-state index contributed by atoms with van der Waals surface area (Å²) in [6, 6.07) is 9.25. The summed E-state index contributed by atoms with van der Waals surface area (Å²) in [6.07, 6.45) is 1.35. The Bertz CT molecular complexity index is 582. The first-order valence-electron chi connectivity index (χ1n) is 5.52. The number of benzene rings is 1. The van der Waals surface area contributed by atoms with Crippen molar-refractivity contribution in [3.05, 3.63) is 42.1 Å². The number of alkyl halides is 2. The summed E-state index contributed by atoms with van der Waals surface area (Å²) < 4.78 is 26.9. The molecule has 1 aliphatic rings. The van der Waals surface area contributed by atoms with E-state index in [4.69, 9.17) is 5.73 Å². The predicted octanol–water partition coefficient (Wildman–Crippen LogP) is 2.47. The third-order valence-corrected chi connectivity index (χ3v) is 3.59. The van der Waals surface area contributed by atoms with Gasteiger partial charge in [-0.2, -0.15) is 0 Å². The summed E-state index contributed by atoms with van der Waals surface area (Å²) >= 11 is 0. The summed E-state index contributed by atoms with van der Waals surface area (Å²) in [5.41, 5.74) is 5.68. The number of hydrogen-bond acceptors (Lipinski definition) is 2. The van der Waals surface area contributed by atoms with Gasteiger partial charge >= 0.3 is 0 Å². The lowest BCUT2D eigenvalue weighted by Gasteiger charge is -2.14. The topological polar surface area (TPSA) is 38.9 Å². The van der Waals surface area contributed by atoms with E-state index in [1.165, 1.54) is 6.20 Å². The van der Waals surface area contributed by atoms with Crippen LogP contribution in [0.25, 0.3) is 10.9 Å².